The lowest BCUT2D eigenvalue weighted by atomic mass is 9.78. The van der Waals surface area contributed by atoms with Gasteiger partial charge in [-0.25, -0.2) is 4.39 Å². The van der Waals surface area contributed by atoms with E-state index in [1.54, 1.807) is 12.1 Å². The molecule has 0 saturated carbocycles. The molecular weight excluding hydrogens is 312 g/mol. The summed E-state index contributed by atoms with van der Waals surface area (Å²) in [4.78, 5) is 12.2. The maximum absolute atomic E-state index is 14.5. The molecule has 1 amide bonds. The summed E-state index contributed by atoms with van der Waals surface area (Å²) < 4.78 is 31.3. The highest BCUT2D eigenvalue weighted by atomic mass is 19.1. The molecule has 0 unspecified atom stereocenters. The van der Waals surface area contributed by atoms with Gasteiger partial charge in [0.1, 0.15) is 5.82 Å². The van der Waals surface area contributed by atoms with Crippen molar-refractivity contribution in [3.63, 3.8) is 0 Å². The Bertz CT molecular complexity index is 657. The van der Waals surface area contributed by atoms with Crippen molar-refractivity contribution in [2.75, 3.05) is 18.5 Å². The van der Waals surface area contributed by atoms with Gasteiger partial charge in [0.2, 0.25) is 5.91 Å². The fourth-order valence-corrected chi connectivity index (χ4v) is 2.59. The molecule has 1 aromatic rings. The number of carbonyl (C=O) groups excluding carboxylic acids is 1. The Kier molecular flexibility index (Phi) is 4.02. The molecule has 0 bridgehead atoms. The molecule has 1 N–H and O–H groups in total. The number of amides is 1. The quantitative estimate of drug-likeness (QED) is 0.860. The second kappa shape index (κ2) is 5.54. The van der Waals surface area contributed by atoms with E-state index in [1.807, 2.05) is 34.6 Å². The lowest BCUT2D eigenvalue weighted by Crippen LogP contribution is -2.49. The van der Waals surface area contributed by atoms with E-state index in [0.29, 0.717) is 24.4 Å². The molecule has 24 heavy (non-hydrogen) atoms. The molecule has 0 radical (unpaired) electrons. The maximum Gasteiger partial charge on any atom is 0.497 e. The molecule has 1 aromatic carbocycles. The Morgan fingerprint density at radius 2 is 1.71 bits per heavy atom. The van der Waals surface area contributed by atoms with Crippen molar-refractivity contribution >= 4 is 24.2 Å². The summed E-state index contributed by atoms with van der Waals surface area (Å²) in [5.41, 5.74) is -0.873. The van der Waals surface area contributed by atoms with Crippen molar-refractivity contribution in [3.05, 3.63) is 24.0 Å². The summed E-state index contributed by atoms with van der Waals surface area (Å²) in [5.74, 6) is -0.641. The van der Waals surface area contributed by atoms with Gasteiger partial charge in [-0.3, -0.25) is 4.79 Å². The van der Waals surface area contributed by atoms with Crippen molar-refractivity contribution in [2.24, 2.45) is 5.41 Å². The van der Waals surface area contributed by atoms with Crippen molar-refractivity contribution in [1.82, 2.24) is 0 Å². The molecule has 2 fully saturated rings. The average Bonchev–Trinajstić information content (AvgIpc) is 2.64. The van der Waals surface area contributed by atoms with E-state index in [1.165, 1.54) is 6.07 Å². The first-order chi connectivity index (χ1) is 11.0. The van der Waals surface area contributed by atoms with E-state index in [4.69, 9.17) is 14.0 Å². The van der Waals surface area contributed by atoms with Crippen LogP contribution in [0.4, 0.5) is 10.1 Å². The van der Waals surface area contributed by atoms with Crippen LogP contribution >= 0.6 is 0 Å². The van der Waals surface area contributed by atoms with Crippen molar-refractivity contribution in [3.8, 4) is 0 Å². The van der Waals surface area contributed by atoms with Crippen LogP contribution < -0.4 is 10.8 Å². The van der Waals surface area contributed by atoms with Gasteiger partial charge >= 0.3 is 7.12 Å². The molecule has 5 nitrogen and oxygen atoms in total. The van der Waals surface area contributed by atoms with Crippen molar-refractivity contribution in [2.45, 2.75) is 45.8 Å². The summed E-state index contributed by atoms with van der Waals surface area (Å²) in [6.07, 6.45) is 0. The van der Waals surface area contributed by atoms with Gasteiger partial charge in [0, 0.05) is 11.2 Å². The summed E-state index contributed by atoms with van der Waals surface area (Å²) in [7, 11) is -0.766. The number of hydrogen-bond donors (Lipinski definition) is 1. The van der Waals surface area contributed by atoms with Crippen LogP contribution in [-0.4, -0.2) is 37.4 Å². The van der Waals surface area contributed by atoms with E-state index in [0.717, 1.165) is 0 Å². The van der Waals surface area contributed by atoms with Gasteiger partial charge in [-0.2, -0.15) is 0 Å². The molecule has 2 saturated heterocycles. The number of rotatable bonds is 3. The molecule has 130 valence electrons. The van der Waals surface area contributed by atoms with Crippen molar-refractivity contribution in [1.29, 1.82) is 0 Å². The highest BCUT2D eigenvalue weighted by Crippen LogP contribution is 2.36. The Balaban J connectivity index is 1.75. The molecule has 2 heterocycles. The van der Waals surface area contributed by atoms with Gasteiger partial charge in [-0.05, 0) is 46.8 Å². The fourth-order valence-electron chi connectivity index (χ4n) is 2.59. The molecule has 7 heteroatoms. The second-order valence-electron chi connectivity index (χ2n) is 7.83. The Labute approximate surface area is 142 Å². The van der Waals surface area contributed by atoms with Crippen LogP contribution in [0.2, 0.25) is 0 Å². The minimum Gasteiger partial charge on any atom is -0.399 e. The predicted molar refractivity (Wildman–Crippen MR) is 89.7 cm³/mol. The minimum absolute atomic E-state index is 0.170. The highest BCUT2D eigenvalue weighted by Gasteiger charge is 2.52. The number of nitrogens with one attached hydrogen (secondary N) is 1. The average molecular weight is 335 g/mol. The summed E-state index contributed by atoms with van der Waals surface area (Å²) >= 11 is 0. The molecule has 0 spiro atoms. The zero-order valence-corrected chi connectivity index (χ0v) is 14.7. The standard InChI is InChI=1S/C17H23BFNO4/c1-15(2)16(3,4)24-18(23-15)12-7-6-11(8-13(12)19)20-14(21)17(5)9-22-10-17/h6-8H,9-10H2,1-5H3,(H,20,21). The third kappa shape index (κ3) is 2.85. The number of carbonyl (C=O) groups is 1. The molecule has 0 aliphatic carbocycles. The van der Waals surface area contributed by atoms with E-state index in [2.05, 4.69) is 5.32 Å². The van der Waals surface area contributed by atoms with Crippen LogP contribution in [0.25, 0.3) is 0 Å². The van der Waals surface area contributed by atoms with E-state index in [9.17, 15) is 9.18 Å². The first kappa shape index (κ1) is 17.4. The Hall–Kier alpha value is -1.44. The third-order valence-electron chi connectivity index (χ3n) is 5.15. The first-order valence-corrected chi connectivity index (χ1v) is 8.08. The van der Waals surface area contributed by atoms with Gasteiger partial charge in [0.25, 0.3) is 0 Å². The zero-order valence-electron chi connectivity index (χ0n) is 14.7. The Morgan fingerprint density at radius 1 is 1.12 bits per heavy atom. The second-order valence-corrected chi connectivity index (χ2v) is 7.83. The van der Waals surface area contributed by atoms with Crippen LogP contribution in [0.5, 0.6) is 0 Å². The molecule has 2 aliphatic rings. The van der Waals surface area contributed by atoms with Crippen molar-refractivity contribution < 1.29 is 23.2 Å². The largest absolute Gasteiger partial charge is 0.497 e. The smallest absolute Gasteiger partial charge is 0.399 e. The van der Waals surface area contributed by atoms with Crippen LogP contribution in [-0.2, 0) is 18.8 Å². The zero-order chi connectivity index (χ0) is 17.8. The number of anilines is 1. The van der Waals surface area contributed by atoms with Gasteiger partial charge in [0.05, 0.1) is 29.8 Å². The van der Waals surface area contributed by atoms with Gasteiger partial charge in [-0.1, -0.05) is 6.07 Å². The lowest BCUT2D eigenvalue weighted by molar-refractivity contribution is -0.151. The van der Waals surface area contributed by atoms with Gasteiger partial charge < -0.3 is 19.4 Å². The monoisotopic (exact) mass is 335 g/mol. The number of benzene rings is 1. The van der Waals surface area contributed by atoms with E-state index < -0.39 is 29.6 Å². The summed E-state index contributed by atoms with van der Waals surface area (Å²) in [6.45, 7) is 10.3. The van der Waals surface area contributed by atoms with Crippen LogP contribution in [0, 0.1) is 11.2 Å². The summed E-state index contributed by atoms with van der Waals surface area (Å²) in [6, 6.07) is 4.54. The highest BCUT2D eigenvalue weighted by molar-refractivity contribution is 6.62. The summed E-state index contributed by atoms with van der Waals surface area (Å²) in [5, 5.41) is 2.73. The predicted octanol–water partition coefficient (Wildman–Crippen LogP) is 2.10. The molecule has 0 aromatic heterocycles. The topological polar surface area (TPSA) is 56.8 Å². The fraction of sp³-hybridized carbons (Fsp3) is 0.588. The van der Waals surface area contributed by atoms with Crippen LogP contribution in [0.1, 0.15) is 34.6 Å². The maximum atomic E-state index is 14.5. The van der Waals surface area contributed by atoms with Gasteiger partial charge in [0.15, 0.2) is 0 Å². The third-order valence-corrected chi connectivity index (χ3v) is 5.15. The first-order valence-electron chi connectivity index (χ1n) is 8.08. The molecule has 3 rings (SSSR count). The molecular formula is C17H23BFNO4. The van der Waals surface area contributed by atoms with E-state index >= 15 is 0 Å². The number of halogens is 1. The lowest BCUT2D eigenvalue weighted by Gasteiger charge is -2.36. The van der Waals surface area contributed by atoms with Crippen LogP contribution in [0.15, 0.2) is 18.2 Å². The van der Waals surface area contributed by atoms with E-state index in [-0.39, 0.29) is 5.91 Å². The molecule has 2 aliphatic heterocycles. The van der Waals surface area contributed by atoms with Crippen LogP contribution in [0.3, 0.4) is 0 Å². The Morgan fingerprint density at radius 3 is 2.17 bits per heavy atom. The van der Waals surface area contributed by atoms with Gasteiger partial charge in [-0.15, -0.1) is 0 Å². The minimum atomic E-state index is -0.766. The number of hydrogen-bond acceptors (Lipinski definition) is 4. The number of ether oxygens (including phenoxy) is 1. The normalized spacial score (nSPS) is 23.7. The molecule has 0 atom stereocenters. The SMILES string of the molecule is CC1(C(=O)Nc2ccc(B3OC(C)(C)C(C)(C)O3)c(F)c2)COC1.